The average molecular weight is 418 g/mol. The molecule has 29 heavy (non-hydrogen) atoms. The van der Waals surface area contributed by atoms with Gasteiger partial charge in [-0.2, -0.15) is 18.2 Å². The third kappa shape index (κ3) is 3.79. The molecular formula is C19H13F3N4O2S. The maximum atomic E-state index is 12.9. The number of rotatable bonds is 4. The normalized spacial score (nSPS) is 12.1. The van der Waals surface area contributed by atoms with Crippen molar-refractivity contribution in [3.8, 4) is 17.1 Å². The Morgan fingerprint density at radius 1 is 1.24 bits per heavy atom. The molecule has 6 nitrogen and oxygen atoms in total. The van der Waals surface area contributed by atoms with Gasteiger partial charge in [-0.3, -0.25) is 4.57 Å². The van der Waals surface area contributed by atoms with E-state index in [-0.39, 0.29) is 23.0 Å². The molecule has 0 unspecified atom stereocenters. The average Bonchev–Trinajstić information content (AvgIpc) is 3.40. The summed E-state index contributed by atoms with van der Waals surface area (Å²) in [7, 11) is 0. The first-order chi connectivity index (χ1) is 13.8. The molecule has 148 valence electrons. The second-order valence-electron chi connectivity index (χ2n) is 6.11. The highest BCUT2D eigenvalue weighted by Gasteiger charge is 2.34. The highest BCUT2D eigenvalue weighted by Crippen LogP contribution is 2.36. The number of aromatic nitrogens is 4. The Labute approximate surface area is 165 Å². The molecule has 4 aromatic rings. The minimum absolute atomic E-state index is 0.0338. The Morgan fingerprint density at radius 3 is 2.79 bits per heavy atom. The van der Waals surface area contributed by atoms with Gasteiger partial charge in [-0.1, -0.05) is 17.3 Å². The van der Waals surface area contributed by atoms with E-state index >= 15 is 0 Å². The third-order valence-corrected chi connectivity index (χ3v) is 5.10. The lowest BCUT2D eigenvalue weighted by Crippen LogP contribution is -2.15. The molecule has 3 aromatic heterocycles. The number of aromatic amines is 1. The zero-order valence-corrected chi connectivity index (χ0v) is 15.7. The molecule has 0 aliphatic carbocycles. The number of thiophene rings is 1. The second kappa shape index (κ2) is 7.21. The van der Waals surface area contributed by atoms with Crippen LogP contribution in [0.4, 0.5) is 13.2 Å². The lowest BCUT2D eigenvalue weighted by atomic mass is 10.2. The van der Waals surface area contributed by atoms with Crippen LogP contribution in [-0.4, -0.2) is 19.7 Å². The first-order valence-electron chi connectivity index (χ1n) is 8.37. The van der Waals surface area contributed by atoms with E-state index in [4.69, 9.17) is 4.52 Å². The van der Waals surface area contributed by atoms with Gasteiger partial charge in [0.1, 0.15) is 4.88 Å². The molecule has 0 aliphatic rings. The van der Waals surface area contributed by atoms with Crippen molar-refractivity contribution >= 4 is 23.5 Å². The molecule has 3 heterocycles. The summed E-state index contributed by atoms with van der Waals surface area (Å²) in [6.07, 6.45) is -0.192. The van der Waals surface area contributed by atoms with E-state index in [1.54, 1.807) is 37.4 Å². The summed E-state index contributed by atoms with van der Waals surface area (Å²) in [4.78, 5) is 18.1. The topological polar surface area (TPSA) is 76.7 Å². The lowest BCUT2D eigenvalue weighted by molar-refractivity contribution is -0.134. The predicted molar refractivity (Wildman–Crippen MR) is 103 cm³/mol. The number of halogens is 3. The number of nitrogens with zero attached hydrogens (tertiary/aromatic N) is 3. The first kappa shape index (κ1) is 18.9. The van der Waals surface area contributed by atoms with Gasteiger partial charge in [0.25, 0.3) is 5.89 Å². The Kier molecular flexibility index (Phi) is 4.71. The van der Waals surface area contributed by atoms with Crippen molar-refractivity contribution in [1.29, 1.82) is 0 Å². The van der Waals surface area contributed by atoms with Crippen LogP contribution in [-0.2, 0) is 6.18 Å². The molecule has 0 fully saturated rings. The molecule has 0 saturated heterocycles. The van der Waals surface area contributed by atoms with E-state index in [0.29, 0.717) is 22.6 Å². The minimum atomic E-state index is -4.41. The zero-order chi connectivity index (χ0) is 20.6. The number of hydrogen-bond donors (Lipinski definition) is 1. The summed E-state index contributed by atoms with van der Waals surface area (Å²) in [5, 5.41) is 5.25. The van der Waals surface area contributed by atoms with Crippen molar-refractivity contribution in [3.05, 3.63) is 74.4 Å². The first-order valence-corrected chi connectivity index (χ1v) is 9.25. The monoisotopic (exact) mass is 418 g/mol. The largest absolute Gasteiger partial charge is 0.426 e. The van der Waals surface area contributed by atoms with Crippen LogP contribution < -0.4 is 5.69 Å². The predicted octanol–water partition coefficient (Wildman–Crippen LogP) is 4.77. The van der Waals surface area contributed by atoms with Crippen molar-refractivity contribution < 1.29 is 17.7 Å². The van der Waals surface area contributed by atoms with E-state index in [2.05, 4.69) is 15.1 Å². The van der Waals surface area contributed by atoms with E-state index < -0.39 is 11.1 Å². The molecule has 1 N–H and O–H groups in total. The Hall–Kier alpha value is -3.40. The van der Waals surface area contributed by atoms with Crippen LogP contribution in [0.3, 0.4) is 0 Å². The van der Waals surface area contributed by atoms with Gasteiger partial charge in [-0.25, -0.2) is 4.79 Å². The third-order valence-electron chi connectivity index (χ3n) is 4.12. The van der Waals surface area contributed by atoms with Crippen molar-refractivity contribution in [3.63, 3.8) is 0 Å². The Balaban J connectivity index is 1.61. The van der Waals surface area contributed by atoms with Gasteiger partial charge < -0.3 is 9.51 Å². The van der Waals surface area contributed by atoms with Crippen LogP contribution in [0.2, 0.25) is 0 Å². The van der Waals surface area contributed by atoms with E-state index in [1.165, 1.54) is 28.2 Å². The van der Waals surface area contributed by atoms with Crippen LogP contribution in [0.15, 0.2) is 51.2 Å². The molecule has 0 saturated carbocycles. The van der Waals surface area contributed by atoms with Gasteiger partial charge in [0.05, 0.1) is 5.69 Å². The van der Waals surface area contributed by atoms with Crippen molar-refractivity contribution in [1.82, 2.24) is 19.7 Å². The molecule has 1 aromatic carbocycles. The highest BCUT2D eigenvalue weighted by atomic mass is 32.1. The second-order valence-corrected chi connectivity index (χ2v) is 7.03. The molecule has 0 aliphatic heterocycles. The quantitative estimate of drug-likeness (QED) is 0.518. The Bertz CT molecular complexity index is 1250. The number of aryl methyl sites for hydroxylation is 1. The van der Waals surface area contributed by atoms with Crippen molar-refractivity contribution in [2.24, 2.45) is 0 Å². The number of alkyl halides is 3. The molecular weight excluding hydrogens is 405 g/mol. The minimum Gasteiger partial charge on any atom is -0.334 e. The summed E-state index contributed by atoms with van der Waals surface area (Å²) < 4.78 is 45.4. The molecule has 4 rings (SSSR count). The van der Waals surface area contributed by atoms with Gasteiger partial charge in [0.15, 0.2) is 0 Å². The molecule has 0 spiro atoms. The smallest absolute Gasteiger partial charge is 0.334 e. The van der Waals surface area contributed by atoms with Crippen LogP contribution in [0.25, 0.3) is 29.2 Å². The van der Waals surface area contributed by atoms with Crippen LogP contribution in [0, 0.1) is 6.92 Å². The molecule has 0 atom stereocenters. The molecule has 10 heteroatoms. The van der Waals surface area contributed by atoms with E-state index in [9.17, 15) is 18.0 Å². The number of benzene rings is 1. The summed E-state index contributed by atoms with van der Waals surface area (Å²) in [5.41, 5.74) is 1.73. The number of nitrogens with one attached hydrogen (secondary N) is 1. The summed E-state index contributed by atoms with van der Waals surface area (Å²) in [6.45, 7) is 1.79. The molecule has 0 amide bonds. The summed E-state index contributed by atoms with van der Waals surface area (Å²) in [6, 6.07) is 8.36. The van der Waals surface area contributed by atoms with Gasteiger partial charge in [0.2, 0.25) is 5.82 Å². The van der Waals surface area contributed by atoms with Gasteiger partial charge in [0, 0.05) is 23.5 Å². The maximum absolute atomic E-state index is 12.9. The van der Waals surface area contributed by atoms with Crippen molar-refractivity contribution in [2.45, 2.75) is 13.1 Å². The van der Waals surface area contributed by atoms with E-state index in [0.717, 1.165) is 5.69 Å². The van der Waals surface area contributed by atoms with Crippen LogP contribution in [0.1, 0.15) is 22.0 Å². The summed E-state index contributed by atoms with van der Waals surface area (Å²) in [5.74, 6) is 0.328. The SMILES string of the molecule is Cc1c[nH]c(=O)n1-c1cccc(-c2noc(/C=C/c3ccsc3C(F)(F)F)n2)c1. The van der Waals surface area contributed by atoms with Gasteiger partial charge in [-0.05, 0) is 42.1 Å². The fourth-order valence-electron chi connectivity index (χ4n) is 2.82. The standard InChI is InChI=1S/C19H13F3N4O2S/c1-11-10-23-18(27)26(11)14-4-2-3-13(9-14)17-24-15(28-25-17)6-5-12-7-8-29-16(12)19(20,21)22/h2-10H,1H3,(H,23,27)/b6-5+. The maximum Gasteiger partial charge on any atom is 0.426 e. The molecule has 0 radical (unpaired) electrons. The van der Waals surface area contributed by atoms with Crippen LogP contribution in [0.5, 0.6) is 0 Å². The van der Waals surface area contributed by atoms with Crippen molar-refractivity contribution in [2.75, 3.05) is 0 Å². The fraction of sp³-hybridized carbons (Fsp3) is 0.105. The zero-order valence-electron chi connectivity index (χ0n) is 14.9. The highest BCUT2D eigenvalue weighted by molar-refractivity contribution is 7.10. The molecule has 0 bridgehead atoms. The summed E-state index contributed by atoms with van der Waals surface area (Å²) >= 11 is 0.623. The van der Waals surface area contributed by atoms with Gasteiger partial charge in [-0.15, -0.1) is 11.3 Å². The van der Waals surface area contributed by atoms with Gasteiger partial charge >= 0.3 is 11.9 Å². The lowest BCUT2D eigenvalue weighted by Gasteiger charge is -2.05. The number of H-pyrrole nitrogens is 1. The fourth-order valence-corrected chi connectivity index (χ4v) is 3.58. The van der Waals surface area contributed by atoms with E-state index in [1.807, 2.05) is 0 Å². The Morgan fingerprint density at radius 2 is 2.07 bits per heavy atom. The number of imidazole rings is 1. The number of hydrogen-bond acceptors (Lipinski definition) is 5. The van der Waals surface area contributed by atoms with Crippen LogP contribution >= 0.6 is 11.3 Å².